The lowest BCUT2D eigenvalue weighted by Gasteiger charge is -2.30. The van der Waals surface area contributed by atoms with Gasteiger partial charge in [-0.15, -0.1) is 0 Å². The van der Waals surface area contributed by atoms with Crippen LogP contribution in [-0.4, -0.2) is 44.2 Å². The lowest BCUT2D eigenvalue weighted by molar-refractivity contribution is -0.118. The number of sulfonamides is 1. The van der Waals surface area contributed by atoms with Crippen molar-refractivity contribution < 1.29 is 18.0 Å². The lowest BCUT2D eigenvalue weighted by atomic mass is 10.0. The van der Waals surface area contributed by atoms with Gasteiger partial charge in [-0.05, 0) is 60.9 Å². The van der Waals surface area contributed by atoms with Crippen molar-refractivity contribution in [2.45, 2.75) is 45.4 Å². The van der Waals surface area contributed by atoms with Gasteiger partial charge in [0.05, 0.1) is 4.90 Å². The molecule has 0 aromatic heterocycles. The zero-order valence-electron chi connectivity index (χ0n) is 19.1. The van der Waals surface area contributed by atoms with Crippen molar-refractivity contribution in [2.75, 3.05) is 29.9 Å². The van der Waals surface area contributed by atoms with Gasteiger partial charge < -0.3 is 10.2 Å². The topological polar surface area (TPSA) is 86.8 Å². The Morgan fingerprint density at radius 2 is 1.72 bits per heavy atom. The van der Waals surface area contributed by atoms with Gasteiger partial charge in [-0.25, -0.2) is 8.42 Å². The Kier molecular flexibility index (Phi) is 7.36. The Labute approximate surface area is 190 Å². The van der Waals surface area contributed by atoms with Crippen LogP contribution < -0.4 is 10.2 Å². The summed E-state index contributed by atoms with van der Waals surface area (Å²) in [4.78, 5) is 27.0. The number of benzene rings is 2. The van der Waals surface area contributed by atoms with Crippen LogP contribution in [-0.2, 0) is 21.2 Å². The number of nitrogens with zero attached hydrogens (tertiary/aromatic N) is 2. The minimum absolute atomic E-state index is 0.0792. The molecule has 0 saturated carbocycles. The second kappa shape index (κ2) is 9.83. The van der Waals surface area contributed by atoms with Crippen LogP contribution in [0.3, 0.4) is 0 Å². The van der Waals surface area contributed by atoms with Crippen molar-refractivity contribution in [3.8, 4) is 0 Å². The minimum Gasteiger partial charge on any atom is -0.326 e. The highest BCUT2D eigenvalue weighted by Crippen LogP contribution is 2.31. The molecule has 32 heavy (non-hydrogen) atoms. The summed E-state index contributed by atoms with van der Waals surface area (Å²) in [5.74, 6) is -0.354. The maximum Gasteiger partial charge on any atom is 0.258 e. The molecule has 2 aromatic rings. The monoisotopic (exact) mass is 457 g/mol. The zero-order chi connectivity index (χ0) is 23.5. The molecule has 0 aliphatic carbocycles. The highest BCUT2D eigenvalue weighted by Gasteiger charge is 2.27. The number of anilines is 2. The Morgan fingerprint density at radius 1 is 1.06 bits per heavy atom. The van der Waals surface area contributed by atoms with Crippen molar-refractivity contribution in [1.82, 2.24) is 4.31 Å². The summed E-state index contributed by atoms with van der Waals surface area (Å²) in [5, 5.41) is 2.82. The van der Waals surface area contributed by atoms with E-state index in [1.54, 1.807) is 47.4 Å². The summed E-state index contributed by atoms with van der Waals surface area (Å²) >= 11 is 0. The number of amides is 2. The SMILES string of the molecule is CCN(CC)S(=O)(=O)c1ccc2c(c1)CCCN2C(=O)c1ccc(NC(=O)C(C)C)cc1. The Morgan fingerprint density at radius 3 is 2.31 bits per heavy atom. The minimum atomic E-state index is -3.55. The number of carbonyl (C=O) groups is 2. The third-order valence-electron chi connectivity index (χ3n) is 5.68. The Bertz CT molecular complexity index is 1090. The predicted octanol–water partition coefficient (Wildman–Crippen LogP) is 3.90. The van der Waals surface area contributed by atoms with E-state index < -0.39 is 10.0 Å². The lowest BCUT2D eigenvalue weighted by Crippen LogP contribution is -2.36. The molecule has 3 rings (SSSR count). The zero-order valence-corrected chi connectivity index (χ0v) is 19.9. The van der Waals surface area contributed by atoms with Crippen LogP contribution >= 0.6 is 0 Å². The highest BCUT2D eigenvalue weighted by atomic mass is 32.2. The predicted molar refractivity (Wildman–Crippen MR) is 126 cm³/mol. The Hall–Kier alpha value is -2.71. The van der Waals surface area contributed by atoms with Crippen molar-refractivity contribution in [1.29, 1.82) is 0 Å². The number of nitrogens with one attached hydrogen (secondary N) is 1. The third-order valence-corrected chi connectivity index (χ3v) is 7.73. The van der Waals surface area contributed by atoms with E-state index >= 15 is 0 Å². The van der Waals surface area contributed by atoms with Gasteiger partial charge in [-0.1, -0.05) is 27.7 Å². The van der Waals surface area contributed by atoms with Crippen LogP contribution in [0.1, 0.15) is 50.0 Å². The van der Waals surface area contributed by atoms with E-state index in [9.17, 15) is 18.0 Å². The fourth-order valence-electron chi connectivity index (χ4n) is 3.80. The first-order valence-electron chi connectivity index (χ1n) is 11.0. The quantitative estimate of drug-likeness (QED) is 0.683. The number of rotatable bonds is 7. The normalized spacial score (nSPS) is 13.9. The molecule has 1 heterocycles. The molecular formula is C24H31N3O4S. The molecule has 7 nitrogen and oxygen atoms in total. The van der Waals surface area contributed by atoms with E-state index in [1.807, 2.05) is 27.7 Å². The third kappa shape index (κ3) is 4.86. The van der Waals surface area contributed by atoms with Crippen LogP contribution in [0.4, 0.5) is 11.4 Å². The molecule has 0 spiro atoms. The standard InChI is InChI=1S/C24H31N3O4S/c1-5-26(6-2)32(30,31)21-13-14-22-19(16-21)8-7-15-27(22)24(29)18-9-11-20(12-10-18)25-23(28)17(3)4/h9-14,16-17H,5-8,15H2,1-4H3,(H,25,28). The molecule has 0 unspecified atom stereocenters. The van der Waals surface area contributed by atoms with Gasteiger partial charge in [0.1, 0.15) is 0 Å². The first-order chi connectivity index (χ1) is 15.2. The molecule has 0 bridgehead atoms. The van der Waals surface area contributed by atoms with Crippen LogP contribution in [0.2, 0.25) is 0 Å². The maximum atomic E-state index is 13.2. The molecule has 2 amide bonds. The largest absolute Gasteiger partial charge is 0.326 e. The summed E-state index contributed by atoms with van der Waals surface area (Å²) in [6.45, 7) is 8.67. The number of aryl methyl sites for hydroxylation is 1. The van der Waals surface area contributed by atoms with Crippen LogP contribution in [0.5, 0.6) is 0 Å². The molecule has 0 fully saturated rings. The Balaban J connectivity index is 1.84. The number of carbonyl (C=O) groups excluding carboxylic acids is 2. The maximum absolute atomic E-state index is 13.2. The summed E-state index contributed by atoms with van der Waals surface area (Å²) < 4.78 is 27.2. The molecule has 2 aromatic carbocycles. The van der Waals surface area contributed by atoms with E-state index in [0.717, 1.165) is 24.1 Å². The van der Waals surface area contributed by atoms with Crippen molar-refractivity contribution in [3.05, 3.63) is 53.6 Å². The second-order valence-corrected chi connectivity index (χ2v) is 10.1. The van der Waals surface area contributed by atoms with Gasteiger partial charge in [-0.3, -0.25) is 9.59 Å². The van der Waals surface area contributed by atoms with Gasteiger partial charge in [0.15, 0.2) is 0 Å². The van der Waals surface area contributed by atoms with Gasteiger partial charge >= 0.3 is 0 Å². The molecule has 0 saturated heterocycles. The van der Waals surface area contributed by atoms with Crippen molar-refractivity contribution >= 4 is 33.2 Å². The number of hydrogen-bond donors (Lipinski definition) is 1. The van der Waals surface area contributed by atoms with E-state index in [1.165, 1.54) is 4.31 Å². The molecular weight excluding hydrogens is 426 g/mol. The fourth-order valence-corrected chi connectivity index (χ4v) is 5.31. The van der Waals surface area contributed by atoms with Gasteiger partial charge in [0.25, 0.3) is 5.91 Å². The molecule has 1 aliphatic heterocycles. The number of hydrogen-bond acceptors (Lipinski definition) is 4. The van der Waals surface area contributed by atoms with E-state index in [4.69, 9.17) is 0 Å². The van der Waals surface area contributed by atoms with E-state index in [2.05, 4.69) is 5.32 Å². The molecule has 172 valence electrons. The summed E-state index contributed by atoms with van der Waals surface area (Å²) in [6.07, 6.45) is 1.48. The van der Waals surface area contributed by atoms with Gasteiger partial charge in [0.2, 0.25) is 15.9 Å². The smallest absolute Gasteiger partial charge is 0.258 e. The van der Waals surface area contributed by atoms with Crippen molar-refractivity contribution in [3.63, 3.8) is 0 Å². The summed E-state index contributed by atoms with van der Waals surface area (Å²) in [5.41, 5.74) is 2.77. The molecule has 8 heteroatoms. The van der Waals surface area contributed by atoms with Crippen molar-refractivity contribution in [2.24, 2.45) is 5.92 Å². The molecule has 0 atom stereocenters. The number of fused-ring (bicyclic) bond motifs is 1. The second-order valence-electron chi connectivity index (χ2n) is 8.16. The first kappa shape index (κ1) is 23.9. The highest BCUT2D eigenvalue weighted by molar-refractivity contribution is 7.89. The summed E-state index contributed by atoms with van der Waals surface area (Å²) in [6, 6.07) is 11.9. The molecule has 1 N–H and O–H groups in total. The van der Waals surface area contributed by atoms with Crippen LogP contribution in [0, 0.1) is 5.92 Å². The molecule has 0 radical (unpaired) electrons. The van der Waals surface area contributed by atoms with Crippen LogP contribution in [0.15, 0.2) is 47.4 Å². The van der Waals surface area contributed by atoms with E-state index in [0.29, 0.717) is 30.9 Å². The summed E-state index contributed by atoms with van der Waals surface area (Å²) in [7, 11) is -3.55. The van der Waals surface area contributed by atoms with Crippen LogP contribution in [0.25, 0.3) is 0 Å². The first-order valence-corrected chi connectivity index (χ1v) is 12.5. The average molecular weight is 458 g/mol. The molecule has 1 aliphatic rings. The van der Waals surface area contributed by atoms with Gasteiger partial charge in [-0.2, -0.15) is 4.31 Å². The fraction of sp³-hybridized carbons (Fsp3) is 0.417. The average Bonchev–Trinajstić information content (AvgIpc) is 2.78. The van der Waals surface area contributed by atoms with E-state index in [-0.39, 0.29) is 22.6 Å². The van der Waals surface area contributed by atoms with Gasteiger partial charge in [0, 0.05) is 42.5 Å².